The number of nitriles is 1. The van der Waals surface area contributed by atoms with Crippen molar-refractivity contribution < 1.29 is 12.8 Å². The molecule has 1 aromatic carbocycles. The maximum Gasteiger partial charge on any atom is 0.249 e. The van der Waals surface area contributed by atoms with Gasteiger partial charge in [-0.3, -0.25) is 4.72 Å². The van der Waals surface area contributed by atoms with Crippen molar-refractivity contribution in [2.24, 2.45) is 0 Å². The van der Waals surface area contributed by atoms with Gasteiger partial charge in [-0.05, 0) is 24.6 Å². The Balaban J connectivity index is 3.06. The molecule has 3 N–H and O–H groups in total. The van der Waals surface area contributed by atoms with Gasteiger partial charge in [0.25, 0.3) is 0 Å². The molecular weight excluding hydrogens is 245 g/mol. The van der Waals surface area contributed by atoms with E-state index in [4.69, 9.17) is 11.0 Å². The van der Waals surface area contributed by atoms with Gasteiger partial charge in [0.1, 0.15) is 5.82 Å². The third-order valence-corrected chi connectivity index (χ3v) is 3.82. The Morgan fingerprint density at radius 1 is 1.59 bits per heavy atom. The molecule has 0 aliphatic carbocycles. The maximum absolute atomic E-state index is 13.3. The normalized spacial score (nSPS) is 12.8. The van der Waals surface area contributed by atoms with Crippen molar-refractivity contribution in [1.29, 1.82) is 5.26 Å². The van der Waals surface area contributed by atoms with Crippen LogP contribution in [0, 0.1) is 17.1 Å². The highest BCUT2D eigenvalue weighted by molar-refractivity contribution is 7.93. The first-order valence-electron chi connectivity index (χ1n) is 4.87. The second-order valence-electron chi connectivity index (χ2n) is 3.41. The zero-order chi connectivity index (χ0) is 13.1. The summed E-state index contributed by atoms with van der Waals surface area (Å²) in [5, 5.41) is 7.46. The fourth-order valence-electron chi connectivity index (χ4n) is 1.23. The third-order valence-electron chi connectivity index (χ3n) is 2.13. The molecule has 17 heavy (non-hydrogen) atoms. The van der Waals surface area contributed by atoms with E-state index in [2.05, 4.69) is 0 Å². The van der Waals surface area contributed by atoms with E-state index in [1.165, 1.54) is 6.07 Å². The van der Waals surface area contributed by atoms with Crippen LogP contribution in [0.2, 0.25) is 0 Å². The second kappa shape index (κ2) is 5.01. The van der Waals surface area contributed by atoms with Crippen molar-refractivity contribution in [2.75, 3.05) is 10.5 Å². The van der Waals surface area contributed by atoms with Gasteiger partial charge in [-0.25, -0.2) is 12.8 Å². The van der Waals surface area contributed by atoms with Crippen molar-refractivity contribution in [3.05, 3.63) is 24.0 Å². The van der Waals surface area contributed by atoms with Gasteiger partial charge >= 0.3 is 0 Å². The zero-order valence-corrected chi connectivity index (χ0v) is 9.96. The van der Waals surface area contributed by atoms with Crippen LogP contribution >= 0.6 is 0 Å². The minimum atomic E-state index is -3.92. The van der Waals surface area contributed by atoms with Crippen LogP contribution in [0.4, 0.5) is 15.8 Å². The molecule has 1 unspecified atom stereocenters. The molecule has 0 amide bonds. The van der Waals surface area contributed by atoms with Crippen LogP contribution < -0.4 is 10.5 Å². The molecule has 1 atom stereocenters. The predicted octanol–water partition coefficient (Wildman–Crippen LogP) is 1.45. The van der Waals surface area contributed by atoms with Gasteiger partial charge < -0.3 is 5.73 Å². The lowest BCUT2D eigenvalue weighted by Gasteiger charge is -2.12. The highest BCUT2D eigenvalue weighted by Gasteiger charge is 2.24. The summed E-state index contributed by atoms with van der Waals surface area (Å²) in [6, 6.07) is 5.18. The molecule has 0 aromatic heterocycles. The first kappa shape index (κ1) is 13.3. The Bertz CT molecular complexity index is 551. The van der Waals surface area contributed by atoms with E-state index in [-0.39, 0.29) is 17.8 Å². The maximum atomic E-state index is 13.3. The number of halogens is 1. The van der Waals surface area contributed by atoms with Crippen molar-refractivity contribution in [3.63, 3.8) is 0 Å². The van der Waals surface area contributed by atoms with E-state index in [1.54, 1.807) is 13.0 Å². The van der Waals surface area contributed by atoms with Crippen molar-refractivity contribution in [3.8, 4) is 6.07 Å². The second-order valence-corrected chi connectivity index (χ2v) is 5.28. The zero-order valence-electron chi connectivity index (χ0n) is 9.14. The smallest absolute Gasteiger partial charge is 0.249 e. The van der Waals surface area contributed by atoms with Crippen LogP contribution in [0.5, 0.6) is 0 Å². The van der Waals surface area contributed by atoms with E-state index in [0.717, 1.165) is 12.1 Å². The number of benzene rings is 1. The summed E-state index contributed by atoms with van der Waals surface area (Å²) in [6.45, 7) is 1.56. The standard InChI is InChI=1S/C10H12FN3O2S/c1-2-8(6-12)17(15,16)14-10-5-7(13)3-4-9(10)11/h3-5,8,14H,2,13H2,1H3. The van der Waals surface area contributed by atoms with Crippen molar-refractivity contribution in [2.45, 2.75) is 18.6 Å². The molecule has 0 aliphatic rings. The summed E-state index contributed by atoms with van der Waals surface area (Å²) in [5.41, 5.74) is 5.40. The van der Waals surface area contributed by atoms with Crippen LogP contribution in [0.3, 0.4) is 0 Å². The summed E-state index contributed by atoms with van der Waals surface area (Å²) in [7, 11) is -3.92. The molecule has 0 radical (unpaired) electrons. The fourth-order valence-corrected chi connectivity index (χ4v) is 2.41. The molecule has 92 valence electrons. The minimum Gasteiger partial charge on any atom is -0.399 e. The summed E-state index contributed by atoms with van der Waals surface area (Å²) in [4.78, 5) is 0. The van der Waals surface area contributed by atoms with Crippen molar-refractivity contribution >= 4 is 21.4 Å². The van der Waals surface area contributed by atoms with Gasteiger partial charge in [0.15, 0.2) is 5.25 Å². The molecular formula is C10H12FN3O2S. The molecule has 0 fully saturated rings. The molecule has 5 nitrogen and oxygen atoms in total. The number of sulfonamides is 1. The molecule has 0 heterocycles. The number of nitrogens with zero attached hydrogens (tertiary/aromatic N) is 1. The van der Waals surface area contributed by atoms with Crippen molar-refractivity contribution in [1.82, 2.24) is 0 Å². The summed E-state index contributed by atoms with van der Waals surface area (Å²) < 4.78 is 38.7. The average molecular weight is 257 g/mol. The number of nitrogens with two attached hydrogens (primary N) is 1. The van der Waals surface area contributed by atoms with E-state index >= 15 is 0 Å². The lowest BCUT2D eigenvalue weighted by atomic mass is 10.3. The van der Waals surface area contributed by atoms with Crippen LogP contribution in [0.1, 0.15) is 13.3 Å². The first-order chi connectivity index (χ1) is 7.90. The number of nitrogens with one attached hydrogen (secondary N) is 1. The lowest BCUT2D eigenvalue weighted by molar-refractivity contribution is 0.590. The topological polar surface area (TPSA) is 96.0 Å². The molecule has 0 bridgehead atoms. The van der Waals surface area contributed by atoms with Crippen LogP contribution in [0.15, 0.2) is 18.2 Å². The van der Waals surface area contributed by atoms with E-state index in [1.807, 2.05) is 4.72 Å². The van der Waals surface area contributed by atoms with Gasteiger partial charge in [0.2, 0.25) is 10.0 Å². The number of hydrogen-bond acceptors (Lipinski definition) is 4. The highest BCUT2D eigenvalue weighted by Crippen LogP contribution is 2.20. The Morgan fingerprint density at radius 3 is 2.76 bits per heavy atom. The number of nitrogen functional groups attached to an aromatic ring is 1. The van der Waals surface area contributed by atoms with Gasteiger partial charge in [0, 0.05) is 5.69 Å². The van der Waals surface area contributed by atoms with Crippen LogP contribution in [-0.2, 0) is 10.0 Å². The van der Waals surface area contributed by atoms with Gasteiger partial charge in [0.05, 0.1) is 11.8 Å². The molecule has 0 aliphatic heterocycles. The average Bonchev–Trinajstić information content (AvgIpc) is 2.24. The van der Waals surface area contributed by atoms with Gasteiger partial charge in [-0.1, -0.05) is 6.92 Å². The minimum absolute atomic E-state index is 0.121. The Hall–Kier alpha value is -1.81. The number of hydrogen-bond donors (Lipinski definition) is 2. The summed E-state index contributed by atoms with van der Waals surface area (Å²) in [6.07, 6.45) is 0.121. The Morgan fingerprint density at radius 2 is 2.24 bits per heavy atom. The summed E-state index contributed by atoms with van der Waals surface area (Å²) in [5.74, 6) is -0.740. The van der Waals surface area contributed by atoms with Gasteiger partial charge in [-0.15, -0.1) is 0 Å². The highest BCUT2D eigenvalue weighted by atomic mass is 32.2. The largest absolute Gasteiger partial charge is 0.399 e. The predicted molar refractivity (Wildman–Crippen MR) is 63.0 cm³/mol. The van der Waals surface area contributed by atoms with E-state index < -0.39 is 21.1 Å². The lowest BCUT2D eigenvalue weighted by Crippen LogP contribution is -2.26. The molecule has 0 spiro atoms. The van der Waals surface area contributed by atoms with Crippen LogP contribution in [0.25, 0.3) is 0 Å². The molecule has 1 aromatic rings. The van der Waals surface area contributed by atoms with Crippen LogP contribution in [-0.4, -0.2) is 13.7 Å². The molecule has 1 rings (SSSR count). The molecule has 0 saturated carbocycles. The van der Waals surface area contributed by atoms with Gasteiger partial charge in [-0.2, -0.15) is 5.26 Å². The first-order valence-corrected chi connectivity index (χ1v) is 6.41. The quantitative estimate of drug-likeness (QED) is 0.798. The number of anilines is 2. The molecule has 0 saturated heterocycles. The Kier molecular flexibility index (Phi) is 3.91. The van der Waals surface area contributed by atoms with E-state index in [9.17, 15) is 12.8 Å². The molecule has 7 heteroatoms. The SMILES string of the molecule is CCC(C#N)S(=O)(=O)Nc1cc(N)ccc1F. The monoisotopic (exact) mass is 257 g/mol. The number of rotatable bonds is 4. The van der Waals surface area contributed by atoms with E-state index in [0.29, 0.717) is 0 Å². The Labute approximate surface area is 99.1 Å². The third kappa shape index (κ3) is 3.07. The fraction of sp³-hybridized carbons (Fsp3) is 0.300. The summed E-state index contributed by atoms with van der Waals surface area (Å²) >= 11 is 0.